The van der Waals surface area contributed by atoms with Crippen LogP contribution in [0.25, 0.3) is 44.6 Å². The highest BCUT2D eigenvalue weighted by Gasteiger charge is 2.21. The van der Waals surface area contributed by atoms with Gasteiger partial charge in [0.2, 0.25) is 0 Å². The van der Waals surface area contributed by atoms with Gasteiger partial charge in [-0.3, -0.25) is 10.1 Å². The van der Waals surface area contributed by atoms with Crippen molar-refractivity contribution in [2.45, 2.75) is 0 Å². The number of hydrogen-bond acceptors (Lipinski definition) is 7. The molecular formula is C23H22FN9. The zero-order valence-corrected chi connectivity index (χ0v) is 18.0. The predicted octanol–water partition coefficient (Wildman–Crippen LogP) is 3.04. The molecule has 1 aliphatic rings. The van der Waals surface area contributed by atoms with Gasteiger partial charge in [-0.25, -0.2) is 14.4 Å². The number of rotatable bonds is 3. The molecule has 9 nitrogen and oxygen atoms in total. The molecule has 0 spiro atoms. The number of aromatic nitrogens is 6. The van der Waals surface area contributed by atoms with Gasteiger partial charge in [0.25, 0.3) is 0 Å². The van der Waals surface area contributed by atoms with Crippen LogP contribution in [0.4, 0.5) is 15.9 Å². The van der Waals surface area contributed by atoms with Gasteiger partial charge in [0.05, 0.1) is 11.2 Å². The number of pyridine rings is 2. The molecule has 1 saturated heterocycles. The molecule has 5 heterocycles. The molecule has 0 saturated carbocycles. The molecule has 0 radical (unpaired) electrons. The highest BCUT2D eigenvalue weighted by molar-refractivity contribution is 5.97. The second kappa shape index (κ2) is 7.52. The van der Waals surface area contributed by atoms with E-state index in [0.29, 0.717) is 28.2 Å². The van der Waals surface area contributed by atoms with Gasteiger partial charge in [-0.15, -0.1) is 0 Å². The predicted molar refractivity (Wildman–Crippen MR) is 126 cm³/mol. The van der Waals surface area contributed by atoms with E-state index in [4.69, 9.17) is 10.7 Å². The molecule has 4 N–H and O–H groups in total. The number of aromatic amines is 2. The Morgan fingerprint density at radius 2 is 1.88 bits per heavy atom. The number of fused-ring (bicyclic) bond motifs is 2. The van der Waals surface area contributed by atoms with Crippen LogP contribution in [0, 0.1) is 5.82 Å². The van der Waals surface area contributed by atoms with Gasteiger partial charge in [-0.1, -0.05) is 0 Å². The molecule has 1 fully saturated rings. The summed E-state index contributed by atoms with van der Waals surface area (Å²) in [5, 5.41) is 7.79. The number of benzene rings is 1. The summed E-state index contributed by atoms with van der Waals surface area (Å²) in [7, 11) is 2.12. The molecule has 0 atom stereocenters. The maximum Gasteiger partial charge on any atom is 0.157 e. The highest BCUT2D eigenvalue weighted by Crippen LogP contribution is 2.33. The van der Waals surface area contributed by atoms with Crippen molar-refractivity contribution in [1.29, 1.82) is 0 Å². The van der Waals surface area contributed by atoms with Crippen LogP contribution in [-0.4, -0.2) is 68.3 Å². The number of nitrogen functional groups attached to an aromatic ring is 1. The average Bonchev–Trinajstić information content (AvgIpc) is 3.44. The lowest BCUT2D eigenvalue weighted by atomic mass is 10.0. The fourth-order valence-electron chi connectivity index (χ4n) is 4.33. The lowest BCUT2D eigenvalue weighted by molar-refractivity contribution is 0.312. The topological polar surface area (TPSA) is 116 Å². The van der Waals surface area contributed by atoms with E-state index in [1.807, 2.05) is 12.1 Å². The number of nitrogens with one attached hydrogen (secondary N) is 2. The van der Waals surface area contributed by atoms with Gasteiger partial charge in [0.15, 0.2) is 17.5 Å². The van der Waals surface area contributed by atoms with Crippen molar-refractivity contribution >= 4 is 33.4 Å². The first-order valence-corrected chi connectivity index (χ1v) is 10.7. The van der Waals surface area contributed by atoms with Crippen LogP contribution in [0.2, 0.25) is 0 Å². The van der Waals surface area contributed by atoms with Crippen molar-refractivity contribution in [3.05, 3.63) is 48.7 Å². The lowest BCUT2D eigenvalue weighted by Crippen LogP contribution is -2.44. The molecule has 166 valence electrons. The van der Waals surface area contributed by atoms with Gasteiger partial charge in [-0.05, 0) is 36.9 Å². The molecule has 33 heavy (non-hydrogen) atoms. The normalized spacial score (nSPS) is 15.0. The van der Waals surface area contributed by atoms with E-state index >= 15 is 0 Å². The van der Waals surface area contributed by atoms with Crippen molar-refractivity contribution in [3.63, 3.8) is 0 Å². The molecule has 4 aromatic heterocycles. The summed E-state index contributed by atoms with van der Waals surface area (Å²) in [6, 6.07) is 6.98. The molecule has 1 aliphatic heterocycles. The monoisotopic (exact) mass is 443 g/mol. The van der Waals surface area contributed by atoms with E-state index in [0.717, 1.165) is 48.6 Å². The minimum atomic E-state index is -0.427. The van der Waals surface area contributed by atoms with Crippen molar-refractivity contribution in [3.8, 4) is 22.6 Å². The molecule has 0 unspecified atom stereocenters. The molecule has 0 aliphatic carbocycles. The van der Waals surface area contributed by atoms with Crippen LogP contribution in [0.1, 0.15) is 0 Å². The number of anilines is 2. The summed E-state index contributed by atoms with van der Waals surface area (Å²) in [5.74, 6) is 1.01. The quantitative estimate of drug-likeness (QED) is 0.392. The molecular weight excluding hydrogens is 421 g/mol. The molecule has 5 aromatic rings. The van der Waals surface area contributed by atoms with E-state index in [2.05, 4.69) is 42.0 Å². The first-order valence-electron chi connectivity index (χ1n) is 10.7. The minimum absolute atomic E-state index is 0.253. The first-order chi connectivity index (χ1) is 16.1. The maximum atomic E-state index is 14.9. The molecule has 6 rings (SSSR count). The second-order valence-electron chi connectivity index (χ2n) is 8.37. The fraction of sp³-hybridized carbons (Fsp3) is 0.217. The van der Waals surface area contributed by atoms with E-state index < -0.39 is 5.82 Å². The summed E-state index contributed by atoms with van der Waals surface area (Å²) < 4.78 is 14.9. The third-order valence-electron chi connectivity index (χ3n) is 6.13. The van der Waals surface area contributed by atoms with Crippen LogP contribution >= 0.6 is 0 Å². The largest absolute Gasteiger partial charge is 0.397 e. The zero-order chi connectivity index (χ0) is 22.5. The maximum absolute atomic E-state index is 14.9. The van der Waals surface area contributed by atoms with E-state index in [1.54, 1.807) is 24.7 Å². The number of piperazine rings is 1. The highest BCUT2D eigenvalue weighted by atomic mass is 19.1. The van der Waals surface area contributed by atoms with E-state index in [1.165, 1.54) is 6.07 Å². The van der Waals surface area contributed by atoms with Crippen LogP contribution in [0.5, 0.6) is 0 Å². The minimum Gasteiger partial charge on any atom is -0.397 e. The summed E-state index contributed by atoms with van der Waals surface area (Å²) in [6.07, 6.45) is 5.00. The average molecular weight is 443 g/mol. The van der Waals surface area contributed by atoms with Gasteiger partial charge in [0, 0.05) is 55.7 Å². The van der Waals surface area contributed by atoms with Crippen LogP contribution in [0.15, 0.2) is 42.9 Å². The van der Waals surface area contributed by atoms with Crippen LogP contribution in [0.3, 0.4) is 0 Å². The van der Waals surface area contributed by atoms with Crippen LogP contribution < -0.4 is 10.6 Å². The Morgan fingerprint density at radius 1 is 1.03 bits per heavy atom. The standard InChI is InChI=1S/C23H22FN9/c1-32-4-6-33(7-5-32)23-21-18(2-3-27-23)28-22(29-21)20-16-9-13(10-17(24)19(16)30-31-20)14-8-15(25)12-26-11-14/h2-3,8-12H,4-7,25H2,1H3,(H,28,29)(H,30,31). The SMILES string of the molecule is CN1CCN(c2nccc3[nH]c(-c4[nH]nc5c(F)cc(-c6cncc(N)c6)cc45)nc23)CC1. The van der Waals surface area contributed by atoms with E-state index in [9.17, 15) is 4.39 Å². The first kappa shape index (κ1) is 19.6. The molecule has 0 bridgehead atoms. The van der Waals surface area contributed by atoms with Crippen molar-refractivity contribution in [2.75, 3.05) is 43.9 Å². The third-order valence-corrected chi connectivity index (χ3v) is 6.13. The smallest absolute Gasteiger partial charge is 0.157 e. The van der Waals surface area contributed by atoms with E-state index in [-0.39, 0.29) is 5.52 Å². The number of halogens is 1. The number of likely N-dealkylation sites (N-methyl/N-ethyl adjacent to an activating group) is 1. The summed E-state index contributed by atoms with van der Waals surface area (Å²) in [4.78, 5) is 21.5. The molecule has 0 amide bonds. The Hall–Kier alpha value is -4.05. The lowest BCUT2D eigenvalue weighted by Gasteiger charge is -2.33. The summed E-state index contributed by atoms with van der Waals surface area (Å²) in [6.45, 7) is 3.73. The number of H-pyrrole nitrogens is 2. The number of imidazole rings is 1. The van der Waals surface area contributed by atoms with Gasteiger partial charge < -0.3 is 20.5 Å². The van der Waals surface area contributed by atoms with Crippen molar-refractivity contribution in [2.24, 2.45) is 0 Å². The Morgan fingerprint density at radius 3 is 2.70 bits per heavy atom. The Labute approximate surface area is 188 Å². The fourth-order valence-corrected chi connectivity index (χ4v) is 4.33. The van der Waals surface area contributed by atoms with Crippen LogP contribution in [-0.2, 0) is 0 Å². The van der Waals surface area contributed by atoms with Gasteiger partial charge in [0.1, 0.15) is 16.7 Å². The Balaban J connectivity index is 1.47. The van der Waals surface area contributed by atoms with Gasteiger partial charge >= 0.3 is 0 Å². The second-order valence-corrected chi connectivity index (χ2v) is 8.37. The number of nitrogens with two attached hydrogens (primary N) is 1. The third kappa shape index (κ3) is 3.35. The molecule has 1 aromatic carbocycles. The zero-order valence-electron chi connectivity index (χ0n) is 18.0. The molecule has 10 heteroatoms. The number of nitrogens with zero attached hydrogens (tertiary/aromatic N) is 6. The Bertz CT molecular complexity index is 1480. The summed E-state index contributed by atoms with van der Waals surface area (Å²) >= 11 is 0. The van der Waals surface area contributed by atoms with Crippen molar-refractivity contribution < 1.29 is 4.39 Å². The van der Waals surface area contributed by atoms with Crippen molar-refractivity contribution in [1.82, 2.24) is 35.0 Å². The Kier molecular flexibility index (Phi) is 4.47. The van der Waals surface area contributed by atoms with Gasteiger partial charge in [-0.2, -0.15) is 5.10 Å². The number of hydrogen-bond donors (Lipinski definition) is 3. The summed E-state index contributed by atoms with van der Waals surface area (Å²) in [5.41, 5.74) is 10.3.